The maximum absolute atomic E-state index is 9.27. The van der Waals surface area contributed by atoms with Gasteiger partial charge in [0, 0.05) is 45.8 Å². The number of guanidine groups is 1. The van der Waals surface area contributed by atoms with Gasteiger partial charge in [0.05, 0.1) is 19.5 Å². The number of furan rings is 1. The van der Waals surface area contributed by atoms with Crippen LogP contribution in [0, 0.1) is 5.92 Å². The summed E-state index contributed by atoms with van der Waals surface area (Å²) in [5.41, 5.74) is 0. The fourth-order valence-electron chi connectivity index (χ4n) is 3.41. The van der Waals surface area contributed by atoms with Gasteiger partial charge in [-0.25, -0.2) is 0 Å². The van der Waals surface area contributed by atoms with E-state index in [2.05, 4.69) is 22.5 Å². The van der Waals surface area contributed by atoms with Gasteiger partial charge in [-0.2, -0.15) is 0 Å². The molecule has 1 aliphatic heterocycles. The van der Waals surface area contributed by atoms with Gasteiger partial charge in [-0.1, -0.05) is 13.3 Å². The van der Waals surface area contributed by atoms with Crippen molar-refractivity contribution in [3.05, 3.63) is 24.2 Å². The van der Waals surface area contributed by atoms with E-state index in [9.17, 15) is 5.11 Å². The van der Waals surface area contributed by atoms with Gasteiger partial charge in [0.15, 0.2) is 5.96 Å². The predicted molar refractivity (Wildman–Crippen MR) is 128 cm³/mol. The molecule has 1 unspecified atom stereocenters. The molecule has 1 atom stereocenters. The molecule has 0 saturated carbocycles. The van der Waals surface area contributed by atoms with E-state index < -0.39 is 0 Å². The minimum atomic E-state index is 0. The Labute approximate surface area is 192 Å². The zero-order valence-corrected chi connectivity index (χ0v) is 20.1. The number of hydrogen-bond donors (Lipinski definition) is 3. The fourth-order valence-corrected chi connectivity index (χ4v) is 3.41. The molecule has 2 heterocycles. The summed E-state index contributed by atoms with van der Waals surface area (Å²) < 4.78 is 10.8. The monoisotopic (exact) mass is 522 g/mol. The highest BCUT2D eigenvalue weighted by atomic mass is 127. The third-order valence-electron chi connectivity index (χ3n) is 5.03. The number of morpholine rings is 1. The lowest BCUT2D eigenvalue weighted by Gasteiger charge is -2.26. The Morgan fingerprint density at radius 3 is 2.72 bits per heavy atom. The van der Waals surface area contributed by atoms with Gasteiger partial charge in [0.2, 0.25) is 0 Å². The lowest BCUT2D eigenvalue weighted by atomic mass is 10.0. The van der Waals surface area contributed by atoms with Crippen LogP contribution in [0.5, 0.6) is 0 Å². The van der Waals surface area contributed by atoms with Gasteiger partial charge in [0.1, 0.15) is 5.76 Å². The molecular formula is C21H39IN4O3. The van der Waals surface area contributed by atoms with Gasteiger partial charge in [-0.15, -0.1) is 24.0 Å². The Morgan fingerprint density at radius 2 is 2.03 bits per heavy atom. The van der Waals surface area contributed by atoms with Crippen molar-refractivity contribution in [1.82, 2.24) is 15.5 Å². The summed E-state index contributed by atoms with van der Waals surface area (Å²) in [7, 11) is 0. The van der Waals surface area contributed by atoms with Gasteiger partial charge >= 0.3 is 0 Å². The van der Waals surface area contributed by atoms with Crippen molar-refractivity contribution in [2.24, 2.45) is 10.9 Å². The summed E-state index contributed by atoms with van der Waals surface area (Å²) in [4.78, 5) is 7.23. The number of rotatable bonds is 13. The van der Waals surface area contributed by atoms with Crippen molar-refractivity contribution in [1.29, 1.82) is 0 Å². The number of aliphatic hydroxyl groups excluding tert-OH is 1. The van der Waals surface area contributed by atoms with E-state index in [0.29, 0.717) is 5.92 Å². The SMILES string of the molecule is CCCC(CCO)CN=C(NCCCN1CCOCC1)NCCc1ccco1.I. The minimum Gasteiger partial charge on any atom is -0.469 e. The number of nitrogens with one attached hydrogen (secondary N) is 2. The van der Waals surface area contributed by atoms with Crippen molar-refractivity contribution in [2.75, 3.05) is 59.1 Å². The van der Waals surface area contributed by atoms with Crippen LogP contribution >= 0.6 is 24.0 Å². The summed E-state index contributed by atoms with van der Waals surface area (Å²) in [6, 6.07) is 3.91. The molecule has 2 rings (SSSR count). The summed E-state index contributed by atoms with van der Waals surface area (Å²) in [5, 5.41) is 16.2. The van der Waals surface area contributed by atoms with Crippen LogP contribution in [0.25, 0.3) is 0 Å². The largest absolute Gasteiger partial charge is 0.469 e. The van der Waals surface area contributed by atoms with Gasteiger partial charge in [0.25, 0.3) is 0 Å². The average molecular weight is 522 g/mol. The summed E-state index contributed by atoms with van der Waals surface area (Å²) in [6.45, 7) is 9.66. The van der Waals surface area contributed by atoms with Crippen LogP contribution in [0.2, 0.25) is 0 Å². The normalized spacial score (nSPS) is 16.3. The summed E-state index contributed by atoms with van der Waals surface area (Å²) in [6.07, 6.45) is 6.64. The molecule has 0 aromatic carbocycles. The number of aliphatic hydroxyl groups is 1. The van der Waals surface area contributed by atoms with Crippen LogP contribution in [0.1, 0.15) is 38.4 Å². The molecule has 0 spiro atoms. The number of hydrogen-bond acceptors (Lipinski definition) is 5. The van der Waals surface area contributed by atoms with Crippen LogP contribution < -0.4 is 10.6 Å². The smallest absolute Gasteiger partial charge is 0.191 e. The van der Waals surface area contributed by atoms with E-state index in [1.54, 1.807) is 6.26 Å². The highest BCUT2D eigenvalue weighted by molar-refractivity contribution is 14.0. The Bertz CT molecular complexity index is 516. The molecule has 29 heavy (non-hydrogen) atoms. The number of nitrogens with zero attached hydrogens (tertiary/aromatic N) is 2. The fraction of sp³-hybridized carbons (Fsp3) is 0.762. The number of halogens is 1. The van der Waals surface area contributed by atoms with Crippen molar-refractivity contribution < 1.29 is 14.3 Å². The summed E-state index contributed by atoms with van der Waals surface area (Å²) in [5.74, 6) is 2.27. The molecule has 1 fully saturated rings. The van der Waals surface area contributed by atoms with E-state index in [4.69, 9.17) is 14.1 Å². The van der Waals surface area contributed by atoms with Crippen LogP contribution in [0.4, 0.5) is 0 Å². The molecular weight excluding hydrogens is 483 g/mol. The molecule has 0 amide bonds. The van der Waals surface area contributed by atoms with E-state index in [1.165, 1.54) is 0 Å². The van der Waals surface area contributed by atoms with Crippen LogP contribution in [-0.4, -0.2) is 75.1 Å². The molecule has 1 aromatic heterocycles. The second-order valence-electron chi connectivity index (χ2n) is 7.35. The number of ether oxygens (including phenoxy) is 1. The molecule has 0 radical (unpaired) electrons. The molecule has 168 valence electrons. The Hall–Kier alpha value is -0.840. The lowest BCUT2D eigenvalue weighted by molar-refractivity contribution is 0.0376. The van der Waals surface area contributed by atoms with Gasteiger partial charge in [-0.05, 0) is 43.9 Å². The third-order valence-corrected chi connectivity index (χ3v) is 5.03. The number of aliphatic imine (C=N–C) groups is 1. The molecule has 7 nitrogen and oxygen atoms in total. The second-order valence-corrected chi connectivity index (χ2v) is 7.35. The standard InChI is InChI=1S/C21H38N4O3.HI/c1-2-5-19(8-14-26)18-24-21(23-10-7-20-6-3-15-28-20)22-9-4-11-25-12-16-27-17-13-25;/h3,6,15,19,26H,2,4-5,7-14,16-18H2,1H3,(H2,22,23,24);1H. The highest BCUT2D eigenvalue weighted by Crippen LogP contribution is 2.11. The van der Waals surface area contributed by atoms with E-state index >= 15 is 0 Å². The Morgan fingerprint density at radius 1 is 1.24 bits per heavy atom. The summed E-state index contributed by atoms with van der Waals surface area (Å²) >= 11 is 0. The van der Waals surface area contributed by atoms with Crippen LogP contribution in [0.3, 0.4) is 0 Å². The first kappa shape index (κ1) is 26.2. The zero-order chi connectivity index (χ0) is 19.9. The molecule has 0 aliphatic carbocycles. The van der Waals surface area contributed by atoms with E-state index in [0.717, 1.165) is 96.3 Å². The molecule has 0 bridgehead atoms. The van der Waals surface area contributed by atoms with Crippen LogP contribution in [0.15, 0.2) is 27.8 Å². The topological polar surface area (TPSA) is 82.3 Å². The van der Waals surface area contributed by atoms with Crippen molar-refractivity contribution >= 4 is 29.9 Å². The van der Waals surface area contributed by atoms with Gasteiger partial charge < -0.3 is 24.9 Å². The Kier molecular flexibility index (Phi) is 15.3. The van der Waals surface area contributed by atoms with Crippen LogP contribution in [-0.2, 0) is 11.2 Å². The average Bonchev–Trinajstić information content (AvgIpc) is 3.23. The first-order valence-corrected chi connectivity index (χ1v) is 10.8. The molecule has 3 N–H and O–H groups in total. The maximum atomic E-state index is 9.27. The van der Waals surface area contributed by atoms with Crippen molar-refractivity contribution in [3.63, 3.8) is 0 Å². The van der Waals surface area contributed by atoms with Gasteiger partial charge in [-0.3, -0.25) is 9.89 Å². The third kappa shape index (κ3) is 11.8. The van der Waals surface area contributed by atoms with Crippen molar-refractivity contribution in [2.45, 2.75) is 39.0 Å². The molecule has 8 heteroatoms. The predicted octanol–water partition coefficient (Wildman–Crippen LogP) is 2.50. The highest BCUT2D eigenvalue weighted by Gasteiger charge is 2.10. The molecule has 1 aromatic rings. The van der Waals surface area contributed by atoms with Crippen molar-refractivity contribution in [3.8, 4) is 0 Å². The first-order valence-electron chi connectivity index (χ1n) is 10.8. The lowest BCUT2D eigenvalue weighted by Crippen LogP contribution is -2.41. The van der Waals surface area contributed by atoms with E-state index in [-0.39, 0.29) is 30.6 Å². The Balaban J connectivity index is 0.00000420. The first-order chi connectivity index (χ1) is 13.8. The molecule has 1 aliphatic rings. The maximum Gasteiger partial charge on any atom is 0.191 e. The second kappa shape index (κ2) is 16.9. The quantitative estimate of drug-likeness (QED) is 0.160. The molecule has 1 saturated heterocycles. The zero-order valence-electron chi connectivity index (χ0n) is 17.8. The van der Waals surface area contributed by atoms with E-state index in [1.807, 2.05) is 12.1 Å². The minimum absolute atomic E-state index is 0.